The van der Waals surface area contributed by atoms with Gasteiger partial charge in [-0.05, 0) is 18.2 Å². The summed E-state index contributed by atoms with van der Waals surface area (Å²) in [6.07, 6.45) is 0. The third kappa shape index (κ3) is 3.42. The predicted molar refractivity (Wildman–Crippen MR) is 62.9 cm³/mol. The van der Waals surface area contributed by atoms with Gasteiger partial charge in [-0.3, -0.25) is 17.2 Å². The highest BCUT2D eigenvalue weighted by Gasteiger charge is 2.20. The van der Waals surface area contributed by atoms with Crippen molar-refractivity contribution >= 4 is 17.6 Å². The number of rotatable bonds is 3. The van der Waals surface area contributed by atoms with Gasteiger partial charge in [-0.2, -0.15) is 0 Å². The zero-order chi connectivity index (χ0) is 13.9. The van der Waals surface area contributed by atoms with Crippen molar-refractivity contribution in [2.75, 3.05) is 12.8 Å². The van der Waals surface area contributed by atoms with Crippen LogP contribution in [0.15, 0.2) is 18.2 Å². The minimum Gasteiger partial charge on any atom is -0.465 e. The summed E-state index contributed by atoms with van der Waals surface area (Å²) in [5, 5.41) is 0. The van der Waals surface area contributed by atoms with E-state index in [2.05, 4.69) is 9.47 Å². The first-order chi connectivity index (χ1) is 8.24. The third-order valence-corrected chi connectivity index (χ3v) is 1.96. The fraction of sp³-hybridized carbons (Fsp3) is 0.200. The summed E-state index contributed by atoms with van der Waals surface area (Å²) in [5.74, 6) is -3.55. The van der Waals surface area contributed by atoms with Crippen molar-refractivity contribution in [3.63, 3.8) is 0 Å². The quantitative estimate of drug-likeness (QED) is 0.294. The van der Waals surface area contributed by atoms with Crippen LogP contribution in [0.25, 0.3) is 0 Å². The molecule has 0 fully saturated rings. The van der Waals surface area contributed by atoms with Gasteiger partial charge in [-0.15, -0.1) is 0 Å². The number of carbonyl (C=O) groups excluding carboxylic acids is 2. The SMILES string of the molecule is COC(=O)c1ccc(C(=O)OC(N)(N)N)cc1N. The number of hydrogen-bond donors (Lipinski definition) is 4. The first-order valence-corrected chi connectivity index (χ1v) is 4.82. The summed E-state index contributed by atoms with van der Waals surface area (Å²) in [7, 11) is 1.22. The molecule has 8 N–H and O–H groups in total. The Balaban J connectivity index is 2.98. The standard InChI is InChI=1S/C10H14N4O4/c1-17-9(16)6-3-2-5(4-7(6)11)8(15)18-10(12,13)14/h2-4H,11-14H2,1H3. The Morgan fingerprint density at radius 1 is 1.17 bits per heavy atom. The lowest BCUT2D eigenvalue weighted by atomic mass is 10.1. The number of hydrogen-bond acceptors (Lipinski definition) is 8. The minimum atomic E-state index is -2.08. The number of esters is 2. The summed E-state index contributed by atoms with van der Waals surface area (Å²) < 4.78 is 9.03. The van der Waals surface area contributed by atoms with Crippen LogP contribution in [0.2, 0.25) is 0 Å². The van der Waals surface area contributed by atoms with Crippen LogP contribution in [0, 0.1) is 0 Å². The maximum Gasteiger partial charge on any atom is 0.341 e. The summed E-state index contributed by atoms with van der Waals surface area (Å²) in [6, 6.07) is 3.88. The van der Waals surface area contributed by atoms with Crippen molar-refractivity contribution in [1.82, 2.24) is 0 Å². The number of methoxy groups -OCH3 is 1. The highest BCUT2D eigenvalue weighted by Crippen LogP contribution is 2.16. The molecule has 0 aliphatic carbocycles. The summed E-state index contributed by atoms with van der Waals surface area (Å²) in [5.41, 5.74) is 21.2. The molecule has 0 aliphatic heterocycles. The van der Waals surface area contributed by atoms with E-state index in [0.29, 0.717) is 0 Å². The molecule has 0 heterocycles. The summed E-state index contributed by atoms with van der Waals surface area (Å²) >= 11 is 0. The summed E-state index contributed by atoms with van der Waals surface area (Å²) in [6.45, 7) is 0. The smallest absolute Gasteiger partial charge is 0.341 e. The molecule has 0 atom stereocenters. The second kappa shape index (κ2) is 5.00. The van der Waals surface area contributed by atoms with Gasteiger partial charge in [0.2, 0.25) is 0 Å². The van der Waals surface area contributed by atoms with E-state index in [1.54, 1.807) is 0 Å². The van der Waals surface area contributed by atoms with Crippen LogP contribution in [0.1, 0.15) is 20.7 Å². The lowest BCUT2D eigenvalue weighted by Crippen LogP contribution is -2.61. The van der Waals surface area contributed by atoms with Crippen LogP contribution in [-0.2, 0) is 9.47 Å². The normalized spacial score (nSPS) is 10.9. The van der Waals surface area contributed by atoms with Crippen molar-refractivity contribution in [2.45, 2.75) is 5.97 Å². The first-order valence-electron chi connectivity index (χ1n) is 4.82. The number of ether oxygens (including phenoxy) is 2. The van der Waals surface area contributed by atoms with Crippen molar-refractivity contribution in [1.29, 1.82) is 0 Å². The Kier molecular flexibility index (Phi) is 3.86. The number of nitrogen functional groups attached to an aromatic ring is 1. The molecule has 0 saturated heterocycles. The fourth-order valence-electron chi connectivity index (χ4n) is 1.21. The van der Waals surface area contributed by atoms with Crippen LogP contribution in [0.4, 0.5) is 5.69 Å². The van der Waals surface area contributed by atoms with Gasteiger partial charge < -0.3 is 15.2 Å². The Bertz CT molecular complexity index is 481. The molecule has 98 valence electrons. The van der Waals surface area contributed by atoms with E-state index in [0.717, 1.165) is 0 Å². The maximum atomic E-state index is 11.5. The van der Waals surface area contributed by atoms with Crippen LogP contribution in [0.3, 0.4) is 0 Å². The molecule has 0 bridgehead atoms. The molecule has 0 spiro atoms. The maximum absolute atomic E-state index is 11.5. The fourth-order valence-corrected chi connectivity index (χ4v) is 1.21. The van der Waals surface area contributed by atoms with Gasteiger partial charge in [0.05, 0.1) is 18.2 Å². The molecule has 0 aromatic heterocycles. The predicted octanol–water partition coefficient (Wildman–Crippen LogP) is -1.30. The molecule has 18 heavy (non-hydrogen) atoms. The number of benzene rings is 1. The van der Waals surface area contributed by atoms with Gasteiger partial charge in [-0.25, -0.2) is 9.59 Å². The van der Waals surface area contributed by atoms with Crippen molar-refractivity contribution in [3.8, 4) is 0 Å². The molecule has 0 aliphatic rings. The average molecular weight is 254 g/mol. The molecule has 8 nitrogen and oxygen atoms in total. The highest BCUT2D eigenvalue weighted by molar-refractivity contribution is 5.98. The molecular weight excluding hydrogens is 240 g/mol. The van der Waals surface area contributed by atoms with E-state index in [4.69, 9.17) is 22.9 Å². The van der Waals surface area contributed by atoms with Gasteiger partial charge in [0.1, 0.15) is 0 Å². The number of anilines is 1. The molecule has 0 radical (unpaired) electrons. The molecule has 0 amide bonds. The van der Waals surface area contributed by atoms with Crippen molar-refractivity contribution in [2.24, 2.45) is 17.2 Å². The van der Waals surface area contributed by atoms with Crippen LogP contribution in [0.5, 0.6) is 0 Å². The lowest BCUT2D eigenvalue weighted by Gasteiger charge is -2.18. The van der Waals surface area contributed by atoms with E-state index < -0.39 is 17.9 Å². The van der Waals surface area contributed by atoms with Gasteiger partial charge in [0.15, 0.2) is 0 Å². The largest absolute Gasteiger partial charge is 0.465 e. The molecule has 1 rings (SSSR count). The Labute approximate surface area is 103 Å². The average Bonchev–Trinajstić information content (AvgIpc) is 2.25. The van der Waals surface area contributed by atoms with Crippen molar-refractivity contribution in [3.05, 3.63) is 29.3 Å². The van der Waals surface area contributed by atoms with E-state index in [1.165, 1.54) is 25.3 Å². The Morgan fingerprint density at radius 2 is 1.78 bits per heavy atom. The number of carbonyl (C=O) groups is 2. The molecule has 0 saturated carbocycles. The van der Waals surface area contributed by atoms with Crippen LogP contribution < -0.4 is 22.9 Å². The molecule has 1 aromatic rings. The van der Waals surface area contributed by atoms with Gasteiger partial charge in [0.25, 0.3) is 5.97 Å². The third-order valence-electron chi connectivity index (χ3n) is 1.96. The Morgan fingerprint density at radius 3 is 2.22 bits per heavy atom. The molecule has 0 unspecified atom stereocenters. The number of nitrogens with two attached hydrogens (primary N) is 4. The zero-order valence-electron chi connectivity index (χ0n) is 9.67. The van der Waals surface area contributed by atoms with Gasteiger partial charge >= 0.3 is 11.9 Å². The Hall–Kier alpha value is -2.16. The van der Waals surface area contributed by atoms with Crippen LogP contribution in [-0.4, -0.2) is 25.0 Å². The van der Waals surface area contributed by atoms with Crippen molar-refractivity contribution < 1.29 is 19.1 Å². The molecular formula is C10H14N4O4. The molecule has 1 aromatic carbocycles. The van der Waals surface area contributed by atoms with E-state index in [1.807, 2.05) is 0 Å². The second-order valence-corrected chi connectivity index (χ2v) is 3.54. The highest BCUT2D eigenvalue weighted by atomic mass is 16.6. The zero-order valence-corrected chi connectivity index (χ0v) is 9.67. The topological polar surface area (TPSA) is 157 Å². The van der Waals surface area contributed by atoms with Crippen LogP contribution >= 0.6 is 0 Å². The monoisotopic (exact) mass is 254 g/mol. The van der Waals surface area contributed by atoms with Gasteiger partial charge in [-0.1, -0.05) is 0 Å². The minimum absolute atomic E-state index is 0.0610. The lowest BCUT2D eigenvalue weighted by molar-refractivity contribution is -0.00944. The van der Waals surface area contributed by atoms with E-state index in [-0.39, 0.29) is 16.8 Å². The van der Waals surface area contributed by atoms with Gasteiger partial charge in [0, 0.05) is 5.69 Å². The molecule has 8 heteroatoms. The van der Waals surface area contributed by atoms with E-state index >= 15 is 0 Å². The first kappa shape index (κ1) is 13.9. The second-order valence-electron chi connectivity index (χ2n) is 3.54. The van der Waals surface area contributed by atoms with E-state index in [9.17, 15) is 9.59 Å². The summed E-state index contributed by atoms with van der Waals surface area (Å²) in [4.78, 5) is 22.8.